The molecule has 1 N–H and O–H groups in total. The van der Waals surface area contributed by atoms with E-state index in [1.165, 1.54) is 5.56 Å². The molecule has 0 fully saturated rings. The van der Waals surface area contributed by atoms with E-state index in [9.17, 15) is 5.11 Å². The minimum absolute atomic E-state index is 0.152. The minimum Gasteiger partial charge on any atom is -0.491 e. The maximum absolute atomic E-state index is 11.0. The fraction of sp³-hybridized carbons (Fsp3) is 0.103. The van der Waals surface area contributed by atoms with E-state index < -0.39 is 6.10 Å². The van der Waals surface area contributed by atoms with Crippen molar-refractivity contribution in [3.05, 3.63) is 163 Å². The minimum atomic E-state index is -0.756. The van der Waals surface area contributed by atoms with E-state index in [0.717, 1.165) is 44.8 Å². The summed E-state index contributed by atoms with van der Waals surface area (Å²) in [6, 6.07) is 51.2. The lowest BCUT2D eigenvalue weighted by Gasteiger charge is -2.25. The number of rotatable bonds is 11. The van der Waals surface area contributed by atoms with Gasteiger partial charge in [0.2, 0.25) is 0 Å². The van der Waals surface area contributed by atoms with Crippen molar-refractivity contribution < 1.29 is 9.84 Å². The Morgan fingerprint density at radius 1 is 0.636 bits per heavy atom. The molecule has 0 aliphatic rings. The highest BCUT2D eigenvalue weighted by molar-refractivity contribution is 5.85. The lowest BCUT2D eigenvalue weighted by molar-refractivity contribution is 0.112. The third kappa shape index (κ3) is 7.14. The smallest absolute Gasteiger partial charge is 0.120 e. The second kappa shape index (κ2) is 13.7. The average molecular weight is 578 g/mol. The van der Waals surface area contributed by atoms with Crippen molar-refractivity contribution in [2.75, 3.05) is 23.1 Å². The van der Waals surface area contributed by atoms with Crippen molar-refractivity contribution in [2.45, 2.75) is 13.0 Å². The number of hydrogen-bond donors (Lipinski definition) is 1. The summed E-state index contributed by atoms with van der Waals surface area (Å²) in [5.74, 6) is 0.733. The van der Waals surface area contributed by atoms with Crippen LogP contribution in [0.1, 0.15) is 11.1 Å². The van der Waals surface area contributed by atoms with Crippen LogP contribution in [0.3, 0.4) is 0 Å². The van der Waals surface area contributed by atoms with Gasteiger partial charge < -0.3 is 14.7 Å². The Labute approximate surface area is 258 Å². The number of aliphatic hydroxyl groups excluding tert-OH is 1. The number of benzene rings is 6. The Morgan fingerprint density at radius 2 is 1.20 bits per heavy atom. The zero-order chi connectivity index (χ0) is 30.1. The highest BCUT2D eigenvalue weighted by atomic mass is 16.5. The zero-order valence-corrected chi connectivity index (χ0v) is 24.7. The highest BCUT2D eigenvalue weighted by Crippen LogP contribution is 2.34. The number of ether oxygens (including phenoxy) is 1. The summed E-state index contributed by atoms with van der Waals surface area (Å²) in [6.07, 6.45) is 1.07. The monoisotopic (exact) mass is 577 g/mol. The molecule has 0 spiro atoms. The van der Waals surface area contributed by atoms with Crippen LogP contribution in [0.15, 0.2) is 157 Å². The summed E-state index contributed by atoms with van der Waals surface area (Å²) in [6.45, 7) is 2.51. The van der Waals surface area contributed by atoms with Gasteiger partial charge in [-0.15, -0.1) is 0 Å². The van der Waals surface area contributed by atoms with Gasteiger partial charge >= 0.3 is 0 Å². The lowest BCUT2D eigenvalue weighted by atomic mass is 10.1. The maximum Gasteiger partial charge on any atom is 0.120 e. The van der Waals surface area contributed by atoms with Gasteiger partial charge in [0.15, 0.2) is 0 Å². The number of para-hydroxylation sites is 3. The first-order valence-electron chi connectivity index (χ1n) is 14.8. The van der Waals surface area contributed by atoms with Crippen molar-refractivity contribution in [2.24, 2.45) is 5.10 Å². The van der Waals surface area contributed by atoms with E-state index in [-0.39, 0.29) is 13.2 Å². The molecule has 0 bridgehead atoms. The predicted molar refractivity (Wildman–Crippen MR) is 183 cm³/mol. The second-order valence-corrected chi connectivity index (χ2v) is 10.7. The van der Waals surface area contributed by atoms with Crippen LogP contribution >= 0.6 is 0 Å². The number of aryl methyl sites for hydroxylation is 1. The Bertz CT molecular complexity index is 1770. The molecule has 5 nitrogen and oxygen atoms in total. The van der Waals surface area contributed by atoms with Crippen molar-refractivity contribution in [1.29, 1.82) is 0 Å². The van der Waals surface area contributed by atoms with Crippen LogP contribution in [0.2, 0.25) is 0 Å². The van der Waals surface area contributed by atoms with E-state index in [1.54, 1.807) is 0 Å². The van der Waals surface area contributed by atoms with Gasteiger partial charge in [-0.1, -0.05) is 96.6 Å². The summed E-state index contributed by atoms with van der Waals surface area (Å²) < 4.78 is 5.99. The molecule has 0 aliphatic heterocycles. The van der Waals surface area contributed by atoms with E-state index in [0.29, 0.717) is 0 Å². The fourth-order valence-electron chi connectivity index (χ4n) is 5.15. The Morgan fingerprint density at radius 3 is 1.84 bits per heavy atom. The molecule has 0 aromatic heterocycles. The summed E-state index contributed by atoms with van der Waals surface area (Å²) in [5.41, 5.74) is 6.27. The number of nitrogens with zero attached hydrogens (tertiary/aromatic N) is 3. The first kappa shape index (κ1) is 28.7. The summed E-state index contributed by atoms with van der Waals surface area (Å²) >= 11 is 0. The Hall–Kier alpha value is -5.39. The predicted octanol–water partition coefficient (Wildman–Crippen LogP) is 8.90. The molecule has 0 saturated heterocycles. The van der Waals surface area contributed by atoms with Crippen molar-refractivity contribution in [3.8, 4) is 5.75 Å². The third-order valence-corrected chi connectivity index (χ3v) is 7.37. The molecule has 6 aromatic rings. The van der Waals surface area contributed by atoms with Crippen LogP contribution in [0.25, 0.3) is 10.8 Å². The van der Waals surface area contributed by atoms with Gasteiger partial charge in [0.25, 0.3) is 0 Å². The van der Waals surface area contributed by atoms with Crippen LogP contribution in [0.4, 0.5) is 22.7 Å². The second-order valence-electron chi connectivity index (χ2n) is 10.7. The molecule has 0 heterocycles. The maximum atomic E-state index is 11.0. The molecule has 44 heavy (non-hydrogen) atoms. The molecule has 6 aromatic carbocycles. The molecule has 6 rings (SSSR count). The largest absolute Gasteiger partial charge is 0.491 e. The van der Waals surface area contributed by atoms with Gasteiger partial charge in [-0.25, -0.2) is 0 Å². The third-order valence-electron chi connectivity index (χ3n) is 7.37. The number of hydrazone groups is 1. The zero-order valence-electron chi connectivity index (χ0n) is 24.7. The van der Waals surface area contributed by atoms with E-state index >= 15 is 0 Å². The first-order valence-corrected chi connectivity index (χ1v) is 14.8. The van der Waals surface area contributed by atoms with Gasteiger partial charge in [-0.2, -0.15) is 5.10 Å². The molecule has 5 heteroatoms. The number of hydrogen-bond acceptors (Lipinski definition) is 5. The number of fused-ring (bicyclic) bond motifs is 1. The fourth-order valence-corrected chi connectivity index (χ4v) is 5.15. The molecule has 0 radical (unpaired) electrons. The molecular weight excluding hydrogens is 542 g/mol. The van der Waals surface area contributed by atoms with E-state index in [2.05, 4.69) is 78.6 Å². The standard InChI is InChI=1S/C39H35N3O2/c1-30-17-20-32-21-24-39(26-33(32)25-30)44-29-38(43)28-41(34-11-5-2-6-12-34)40-27-31-18-22-37(23-19-31)42(35-13-7-3-8-14-35)36-15-9-4-10-16-36/h2-27,38,43H,28-29H2,1H3/b40-27+. The molecule has 1 atom stereocenters. The topological polar surface area (TPSA) is 48.3 Å². The van der Waals surface area contributed by atoms with Crippen LogP contribution in [0, 0.1) is 6.92 Å². The van der Waals surface area contributed by atoms with Gasteiger partial charge in [0.1, 0.15) is 18.5 Å². The Kier molecular flexibility index (Phi) is 8.96. The molecule has 0 saturated carbocycles. The van der Waals surface area contributed by atoms with Crippen molar-refractivity contribution in [1.82, 2.24) is 0 Å². The highest BCUT2D eigenvalue weighted by Gasteiger charge is 2.14. The summed E-state index contributed by atoms with van der Waals surface area (Å²) in [5, 5.41) is 19.8. The van der Waals surface area contributed by atoms with Crippen molar-refractivity contribution in [3.63, 3.8) is 0 Å². The van der Waals surface area contributed by atoms with Crippen LogP contribution in [0.5, 0.6) is 5.75 Å². The van der Waals surface area contributed by atoms with Gasteiger partial charge in [-0.05, 0) is 83.9 Å². The number of anilines is 4. The van der Waals surface area contributed by atoms with Gasteiger partial charge in [-0.3, -0.25) is 5.01 Å². The quantitative estimate of drug-likeness (QED) is 0.123. The SMILES string of the molecule is Cc1ccc2ccc(OCC(O)CN(/N=C/c3ccc(N(c4ccccc4)c4ccccc4)cc3)c3ccccc3)cc2c1. The van der Waals surface area contributed by atoms with Gasteiger partial charge in [0.05, 0.1) is 18.4 Å². The summed E-state index contributed by atoms with van der Waals surface area (Å²) in [7, 11) is 0. The van der Waals surface area contributed by atoms with Crippen LogP contribution < -0.4 is 14.6 Å². The van der Waals surface area contributed by atoms with Crippen LogP contribution in [-0.4, -0.2) is 30.6 Å². The summed E-state index contributed by atoms with van der Waals surface area (Å²) in [4.78, 5) is 2.23. The van der Waals surface area contributed by atoms with Crippen LogP contribution in [-0.2, 0) is 0 Å². The lowest BCUT2D eigenvalue weighted by Crippen LogP contribution is -2.32. The van der Waals surface area contributed by atoms with E-state index in [1.807, 2.05) is 96.2 Å². The molecule has 218 valence electrons. The molecule has 0 amide bonds. The Balaban J connectivity index is 1.16. The molecular formula is C39H35N3O2. The van der Waals surface area contributed by atoms with Crippen molar-refractivity contribution >= 4 is 39.7 Å². The molecule has 1 unspecified atom stereocenters. The number of aliphatic hydroxyl groups is 1. The van der Waals surface area contributed by atoms with E-state index in [4.69, 9.17) is 9.84 Å². The normalized spacial score (nSPS) is 11.9. The first-order chi connectivity index (χ1) is 21.6. The van der Waals surface area contributed by atoms with Gasteiger partial charge in [0, 0.05) is 17.1 Å². The average Bonchev–Trinajstić information content (AvgIpc) is 3.07. The molecule has 0 aliphatic carbocycles.